The van der Waals surface area contributed by atoms with Crippen molar-refractivity contribution in [3.8, 4) is 0 Å². The molecule has 1 aromatic rings. The lowest BCUT2D eigenvalue weighted by atomic mass is 9.94. The van der Waals surface area contributed by atoms with Crippen molar-refractivity contribution in [3.63, 3.8) is 0 Å². The van der Waals surface area contributed by atoms with Gasteiger partial charge in [0.25, 0.3) is 0 Å². The van der Waals surface area contributed by atoms with Gasteiger partial charge in [0.15, 0.2) is 5.96 Å². The minimum absolute atomic E-state index is 0.0263. The first kappa shape index (κ1) is 19.5. The second-order valence-electron chi connectivity index (χ2n) is 6.52. The average molecular weight is 323 g/mol. The van der Waals surface area contributed by atoms with Gasteiger partial charge in [-0.15, -0.1) is 0 Å². The maximum Gasteiger partial charge on any atom is 0.216 e. The minimum Gasteiger partial charge on any atom is -0.443 e. The molecule has 0 spiro atoms. The Morgan fingerprint density at radius 1 is 1.22 bits per heavy atom. The molecule has 0 fully saturated rings. The quantitative estimate of drug-likeness (QED) is 0.568. The van der Waals surface area contributed by atoms with Gasteiger partial charge in [0.1, 0.15) is 12.3 Å². The van der Waals surface area contributed by atoms with Crippen molar-refractivity contribution in [2.24, 2.45) is 4.99 Å². The number of oxazole rings is 1. The van der Waals surface area contributed by atoms with E-state index < -0.39 is 0 Å². The molecule has 0 aliphatic heterocycles. The average Bonchev–Trinajstić information content (AvgIpc) is 2.98. The molecule has 0 aliphatic rings. The van der Waals surface area contributed by atoms with Gasteiger partial charge in [-0.2, -0.15) is 0 Å². The van der Waals surface area contributed by atoms with Gasteiger partial charge in [0.2, 0.25) is 5.89 Å². The molecule has 0 atom stereocenters. The van der Waals surface area contributed by atoms with Crippen LogP contribution in [0.4, 0.5) is 0 Å². The van der Waals surface area contributed by atoms with Crippen LogP contribution < -0.4 is 10.6 Å². The third-order valence-corrected chi connectivity index (χ3v) is 3.62. The first-order valence-corrected chi connectivity index (χ1v) is 8.60. The molecule has 6 heteroatoms. The summed E-state index contributed by atoms with van der Waals surface area (Å²) >= 11 is 0. The van der Waals surface area contributed by atoms with Gasteiger partial charge in [-0.25, -0.2) is 9.98 Å². The lowest BCUT2D eigenvalue weighted by Gasteiger charge is -2.19. The molecular weight excluding hydrogens is 290 g/mol. The number of aliphatic imine (C=N–C) groups is 1. The Morgan fingerprint density at radius 2 is 1.91 bits per heavy atom. The van der Waals surface area contributed by atoms with Crippen molar-refractivity contribution in [2.45, 2.75) is 53.5 Å². The molecule has 132 valence electrons. The van der Waals surface area contributed by atoms with Crippen LogP contribution in [0.5, 0.6) is 0 Å². The van der Waals surface area contributed by atoms with Gasteiger partial charge in [-0.3, -0.25) is 0 Å². The van der Waals surface area contributed by atoms with Crippen LogP contribution in [-0.4, -0.2) is 48.6 Å². The second kappa shape index (κ2) is 9.55. The first-order valence-electron chi connectivity index (χ1n) is 8.60. The van der Waals surface area contributed by atoms with E-state index in [-0.39, 0.29) is 5.41 Å². The van der Waals surface area contributed by atoms with E-state index >= 15 is 0 Å². The van der Waals surface area contributed by atoms with Crippen LogP contribution in [0.3, 0.4) is 0 Å². The van der Waals surface area contributed by atoms with Crippen molar-refractivity contribution in [3.05, 3.63) is 17.8 Å². The van der Waals surface area contributed by atoms with Crippen LogP contribution in [-0.2, 0) is 12.0 Å². The van der Waals surface area contributed by atoms with E-state index in [0.717, 1.165) is 44.4 Å². The molecule has 2 N–H and O–H groups in total. The fourth-order valence-electron chi connectivity index (χ4n) is 2.09. The molecule has 0 aromatic carbocycles. The van der Waals surface area contributed by atoms with Crippen LogP contribution >= 0.6 is 0 Å². The molecule has 1 aromatic heterocycles. The Hall–Kier alpha value is -1.56. The molecule has 23 heavy (non-hydrogen) atoms. The van der Waals surface area contributed by atoms with Gasteiger partial charge in [0, 0.05) is 25.0 Å². The smallest absolute Gasteiger partial charge is 0.216 e. The first-order chi connectivity index (χ1) is 10.9. The summed E-state index contributed by atoms with van der Waals surface area (Å²) in [4.78, 5) is 11.2. The van der Waals surface area contributed by atoms with E-state index in [9.17, 15) is 0 Å². The minimum atomic E-state index is -0.0263. The van der Waals surface area contributed by atoms with Gasteiger partial charge in [-0.05, 0) is 20.0 Å². The summed E-state index contributed by atoms with van der Waals surface area (Å²) in [7, 11) is 0. The Morgan fingerprint density at radius 3 is 2.43 bits per heavy atom. The molecule has 6 nitrogen and oxygen atoms in total. The summed E-state index contributed by atoms with van der Waals surface area (Å²) in [5.41, 5.74) is -0.0263. The molecule has 0 amide bonds. The number of hydrogen-bond acceptors (Lipinski definition) is 4. The molecule has 0 unspecified atom stereocenters. The third kappa shape index (κ3) is 7.03. The third-order valence-electron chi connectivity index (χ3n) is 3.62. The molecule has 0 bridgehead atoms. The monoisotopic (exact) mass is 323 g/mol. The zero-order chi connectivity index (χ0) is 17.3. The summed E-state index contributed by atoms with van der Waals surface area (Å²) in [6.45, 7) is 18.0. The topological polar surface area (TPSA) is 65.7 Å². The predicted octanol–water partition coefficient (Wildman–Crippen LogP) is 2.37. The number of aromatic nitrogens is 1. The predicted molar refractivity (Wildman–Crippen MR) is 95.8 cm³/mol. The Bertz CT molecular complexity index is 472. The maximum absolute atomic E-state index is 5.77. The summed E-state index contributed by atoms with van der Waals surface area (Å²) in [6, 6.07) is 0. The van der Waals surface area contributed by atoms with Crippen LogP contribution in [0, 0.1) is 0 Å². The summed E-state index contributed by atoms with van der Waals surface area (Å²) in [5, 5.41) is 6.61. The van der Waals surface area contributed by atoms with Crippen LogP contribution in [0.2, 0.25) is 0 Å². The van der Waals surface area contributed by atoms with Crippen molar-refractivity contribution in [2.75, 3.05) is 32.7 Å². The standard InChI is InChI=1S/C17H33N5O/c1-7-18-16(19-10-11-22(8-2)9-3)21-13-15-20-12-14(23-15)17(4,5)6/h12H,7-11,13H2,1-6H3,(H2,18,19,21). The van der Waals surface area contributed by atoms with E-state index in [2.05, 4.69) is 67.1 Å². The Kier molecular flexibility index (Phi) is 8.09. The highest BCUT2D eigenvalue weighted by Gasteiger charge is 2.18. The Balaban J connectivity index is 2.56. The van der Waals surface area contributed by atoms with Gasteiger partial charge in [-0.1, -0.05) is 34.6 Å². The van der Waals surface area contributed by atoms with Crippen molar-refractivity contribution in [1.82, 2.24) is 20.5 Å². The fraction of sp³-hybridized carbons (Fsp3) is 0.765. The molecule has 0 radical (unpaired) electrons. The van der Waals surface area contributed by atoms with Crippen molar-refractivity contribution in [1.29, 1.82) is 0 Å². The molecule has 1 rings (SSSR count). The highest BCUT2D eigenvalue weighted by atomic mass is 16.4. The lowest BCUT2D eigenvalue weighted by Crippen LogP contribution is -2.41. The van der Waals surface area contributed by atoms with Gasteiger partial charge < -0.3 is 20.0 Å². The van der Waals surface area contributed by atoms with Crippen molar-refractivity contribution < 1.29 is 4.42 Å². The summed E-state index contributed by atoms with van der Waals surface area (Å²) in [6.07, 6.45) is 1.80. The van der Waals surface area contributed by atoms with E-state index in [0.29, 0.717) is 12.4 Å². The molecular formula is C17H33N5O. The molecule has 0 saturated heterocycles. The molecule has 0 saturated carbocycles. The number of rotatable bonds is 8. The van der Waals surface area contributed by atoms with Gasteiger partial charge in [0.05, 0.1) is 6.20 Å². The fourth-order valence-corrected chi connectivity index (χ4v) is 2.09. The number of nitrogens with zero attached hydrogens (tertiary/aromatic N) is 3. The maximum atomic E-state index is 5.77. The van der Waals surface area contributed by atoms with Crippen LogP contribution in [0.1, 0.15) is 53.2 Å². The van der Waals surface area contributed by atoms with E-state index in [1.807, 2.05) is 0 Å². The largest absolute Gasteiger partial charge is 0.443 e. The van der Waals surface area contributed by atoms with Crippen LogP contribution in [0.15, 0.2) is 15.6 Å². The second-order valence-corrected chi connectivity index (χ2v) is 6.52. The number of likely N-dealkylation sites (N-methyl/N-ethyl adjacent to an activating group) is 1. The molecule has 1 heterocycles. The lowest BCUT2D eigenvalue weighted by molar-refractivity contribution is 0.308. The Labute approximate surface area is 140 Å². The van der Waals surface area contributed by atoms with Crippen LogP contribution in [0.25, 0.3) is 0 Å². The zero-order valence-electron chi connectivity index (χ0n) is 15.6. The summed E-state index contributed by atoms with van der Waals surface area (Å²) in [5.74, 6) is 2.34. The van der Waals surface area contributed by atoms with E-state index in [1.54, 1.807) is 6.20 Å². The van der Waals surface area contributed by atoms with Crippen molar-refractivity contribution >= 4 is 5.96 Å². The van der Waals surface area contributed by atoms with Gasteiger partial charge >= 0.3 is 0 Å². The highest BCUT2D eigenvalue weighted by molar-refractivity contribution is 5.79. The number of guanidine groups is 1. The summed E-state index contributed by atoms with van der Waals surface area (Å²) < 4.78 is 5.77. The van der Waals surface area contributed by atoms with E-state index in [4.69, 9.17) is 4.42 Å². The van der Waals surface area contributed by atoms with E-state index in [1.165, 1.54) is 0 Å². The number of hydrogen-bond donors (Lipinski definition) is 2. The normalized spacial score (nSPS) is 12.7. The highest BCUT2D eigenvalue weighted by Crippen LogP contribution is 2.22. The zero-order valence-corrected chi connectivity index (χ0v) is 15.6. The SMILES string of the molecule is CCNC(=NCc1ncc(C(C)(C)C)o1)NCCN(CC)CC. The number of nitrogens with one attached hydrogen (secondary N) is 2. The molecule has 0 aliphatic carbocycles.